The number of ether oxygens (including phenoxy) is 1. The molecule has 0 aliphatic heterocycles. The number of nitrogen functional groups attached to an aromatic ring is 1. The number of nitrogens with one attached hydrogen (secondary N) is 1. The molecule has 3 N–H and O–H groups in total. The number of carbonyl (C=O) groups is 1. The molecule has 2 rings (SSSR count). The molecule has 1 aromatic carbocycles. The number of rotatable bonds is 4. The van der Waals surface area contributed by atoms with E-state index >= 15 is 0 Å². The van der Waals surface area contributed by atoms with Crippen LogP contribution in [-0.4, -0.2) is 18.6 Å². The lowest BCUT2D eigenvalue weighted by Crippen LogP contribution is -2.35. The Balaban J connectivity index is 2.00. The van der Waals surface area contributed by atoms with Crippen molar-refractivity contribution in [2.24, 2.45) is 0 Å². The summed E-state index contributed by atoms with van der Waals surface area (Å²) in [6, 6.07) is 7.06. The van der Waals surface area contributed by atoms with Gasteiger partial charge in [0.2, 0.25) is 0 Å². The maximum absolute atomic E-state index is 12.4. The molecule has 0 aromatic heterocycles. The molecule has 1 aliphatic rings. The molecule has 1 aliphatic carbocycles. The van der Waals surface area contributed by atoms with E-state index in [0.717, 1.165) is 12.8 Å². The fourth-order valence-corrected chi connectivity index (χ4v) is 2.78. The van der Waals surface area contributed by atoms with E-state index in [1.54, 1.807) is 18.2 Å². The van der Waals surface area contributed by atoms with Crippen LogP contribution in [0.25, 0.3) is 0 Å². The first-order valence-corrected chi connectivity index (χ1v) is 7.91. The largest absolute Gasteiger partial charge is 0.477 e. The predicted octanol–water partition coefficient (Wildman–Crippen LogP) is 3.01. The Morgan fingerprint density at radius 1 is 1.27 bits per heavy atom. The second-order valence-electron chi connectivity index (χ2n) is 5.71. The molecule has 0 bridgehead atoms. The van der Waals surface area contributed by atoms with Gasteiger partial charge in [0.1, 0.15) is 11.8 Å². The van der Waals surface area contributed by atoms with Gasteiger partial charge in [-0.05, 0) is 31.0 Å². The van der Waals surface area contributed by atoms with E-state index in [-0.39, 0.29) is 18.6 Å². The zero-order chi connectivity index (χ0) is 15.8. The third-order valence-corrected chi connectivity index (χ3v) is 4.01. The van der Waals surface area contributed by atoms with Crippen molar-refractivity contribution in [3.05, 3.63) is 23.8 Å². The monoisotopic (exact) mass is 301 g/mol. The van der Waals surface area contributed by atoms with Crippen molar-refractivity contribution in [3.8, 4) is 11.8 Å². The van der Waals surface area contributed by atoms with Crippen LogP contribution in [0.4, 0.5) is 5.69 Å². The maximum atomic E-state index is 12.4. The van der Waals surface area contributed by atoms with Gasteiger partial charge in [0.05, 0.1) is 5.69 Å². The van der Waals surface area contributed by atoms with E-state index in [1.165, 1.54) is 32.1 Å². The quantitative estimate of drug-likeness (QED) is 0.837. The second kappa shape index (κ2) is 8.28. The molecule has 0 spiro atoms. The van der Waals surface area contributed by atoms with E-state index in [4.69, 9.17) is 15.7 Å². The highest BCUT2D eigenvalue weighted by Gasteiger charge is 2.16. The molecule has 0 radical (unpaired) electrons. The third-order valence-electron chi connectivity index (χ3n) is 4.01. The van der Waals surface area contributed by atoms with Gasteiger partial charge in [-0.1, -0.05) is 32.1 Å². The number of benzene rings is 1. The van der Waals surface area contributed by atoms with Crippen LogP contribution in [0.15, 0.2) is 18.2 Å². The van der Waals surface area contributed by atoms with Crippen LogP contribution in [0.1, 0.15) is 55.3 Å². The van der Waals surface area contributed by atoms with Gasteiger partial charge in [-0.2, -0.15) is 5.26 Å². The highest BCUT2D eigenvalue weighted by Crippen LogP contribution is 2.23. The van der Waals surface area contributed by atoms with E-state index in [9.17, 15) is 4.79 Å². The summed E-state index contributed by atoms with van der Waals surface area (Å²) in [7, 11) is 0. The van der Waals surface area contributed by atoms with Crippen LogP contribution < -0.4 is 15.8 Å². The van der Waals surface area contributed by atoms with Gasteiger partial charge in [0, 0.05) is 11.6 Å². The molecule has 1 fully saturated rings. The fourth-order valence-electron chi connectivity index (χ4n) is 2.78. The number of nitrogens with two attached hydrogens (primary N) is 1. The number of hydrogen-bond acceptors (Lipinski definition) is 4. The average molecular weight is 301 g/mol. The maximum Gasteiger partial charge on any atom is 0.251 e. The fraction of sp³-hybridized carbons (Fsp3) is 0.529. The van der Waals surface area contributed by atoms with Crippen molar-refractivity contribution < 1.29 is 9.53 Å². The topological polar surface area (TPSA) is 88.1 Å². The van der Waals surface area contributed by atoms with Crippen LogP contribution in [0.5, 0.6) is 5.75 Å². The molecule has 0 unspecified atom stereocenters. The highest BCUT2D eigenvalue weighted by atomic mass is 16.5. The number of amides is 1. The molecular formula is C17H23N3O2. The molecule has 0 atom stereocenters. The summed E-state index contributed by atoms with van der Waals surface area (Å²) in [5, 5.41) is 11.7. The number of hydrogen-bond donors (Lipinski definition) is 2. The van der Waals surface area contributed by atoms with Crippen molar-refractivity contribution in [2.45, 2.75) is 51.0 Å². The number of carbonyl (C=O) groups excluding carboxylic acids is 1. The minimum atomic E-state index is -0.104. The van der Waals surface area contributed by atoms with Crippen molar-refractivity contribution in [2.75, 3.05) is 12.3 Å². The van der Waals surface area contributed by atoms with Gasteiger partial charge in [0.15, 0.2) is 6.61 Å². The molecule has 5 nitrogen and oxygen atoms in total. The molecule has 1 saturated carbocycles. The van der Waals surface area contributed by atoms with Crippen LogP contribution in [0, 0.1) is 11.3 Å². The molecular weight excluding hydrogens is 278 g/mol. The second-order valence-corrected chi connectivity index (χ2v) is 5.71. The average Bonchev–Trinajstić information content (AvgIpc) is 2.49. The molecule has 0 heterocycles. The van der Waals surface area contributed by atoms with Crippen molar-refractivity contribution in [1.29, 1.82) is 5.26 Å². The lowest BCUT2D eigenvalue weighted by Gasteiger charge is -2.21. The summed E-state index contributed by atoms with van der Waals surface area (Å²) >= 11 is 0. The van der Waals surface area contributed by atoms with Crippen molar-refractivity contribution in [3.63, 3.8) is 0 Å². The van der Waals surface area contributed by atoms with E-state index in [2.05, 4.69) is 5.32 Å². The number of nitrogens with zero attached hydrogens (tertiary/aromatic N) is 1. The Kier molecular flexibility index (Phi) is 6.08. The van der Waals surface area contributed by atoms with Gasteiger partial charge in [-0.15, -0.1) is 0 Å². The van der Waals surface area contributed by atoms with Crippen molar-refractivity contribution >= 4 is 11.6 Å². The molecule has 1 aromatic rings. The van der Waals surface area contributed by atoms with E-state index < -0.39 is 0 Å². The summed E-state index contributed by atoms with van der Waals surface area (Å²) in [4.78, 5) is 12.4. The first-order chi connectivity index (χ1) is 10.7. The van der Waals surface area contributed by atoms with Gasteiger partial charge in [-0.25, -0.2) is 0 Å². The summed E-state index contributed by atoms with van der Waals surface area (Å²) in [5.74, 6) is 0.277. The minimum absolute atomic E-state index is 0.0854. The zero-order valence-electron chi connectivity index (χ0n) is 12.8. The first-order valence-electron chi connectivity index (χ1n) is 7.91. The Morgan fingerprint density at radius 3 is 2.64 bits per heavy atom. The van der Waals surface area contributed by atoms with Crippen LogP contribution in [-0.2, 0) is 0 Å². The lowest BCUT2D eigenvalue weighted by molar-refractivity contribution is 0.0930. The van der Waals surface area contributed by atoms with Gasteiger partial charge in [0.25, 0.3) is 5.91 Å². The molecule has 5 heteroatoms. The first kappa shape index (κ1) is 16.2. The van der Waals surface area contributed by atoms with Crippen molar-refractivity contribution in [1.82, 2.24) is 5.32 Å². The normalized spacial score (nSPS) is 16.1. The Bertz CT molecular complexity index is 543. The zero-order valence-corrected chi connectivity index (χ0v) is 12.8. The number of nitriles is 1. The van der Waals surface area contributed by atoms with Crippen LogP contribution >= 0.6 is 0 Å². The Hall–Kier alpha value is -2.22. The summed E-state index contributed by atoms with van der Waals surface area (Å²) in [5.41, 5.74) is 6.73. The molecule has 0 saturated heterocycles. The SMILES string of the molecule is N#CCOc1cc(C(=O)NC2CCCCCCC2)ccc1N. The smallest absolute Gasteiger partial charge is 0.251 e. The number of anilines is 1. The summed E-state index contributed by atoms with van der Waals surface area (Å²) in [6.07, 6.45) is 8.22. The van der Waals surface area contributed by atoms with E-state index in [0.29, 0.717) is 17.0 Å². The molecule has 1 amide bonds. The third kappa shape index (κ3) is 4.66. The van der Waals surface area contributed by atoms with Crippen LogP contribution in [0.3, 0.4) is 0 Å². The molecule has 22 heavy (non-hydrogen) atoms. The summed E-state index contributed by atoms with van der Waals surface area (Å²) in [6.45, 7) is -0.0854. The highest BCUT2D eigenvalue weighted by molar-refractivity contribution is 5.95. The van der Waals surface area contributed by atoms with Gasteiger partial charge < -0.3 is 15.8 Å². The summed E-state index contributed by atoms with van der Waals surface area (Å²) < 4.78 is 5.24. The van der Waals surface area contributed by atoms with E-state index in [1.807, 2.05) is 6.07 Å². The predicted molar refractivity (Wildman–Crippen MR) is 85.5 cm³/mol. The standard InChI is InChI=1S/C17H23N3O2/c18-10-11-22-16-12-13(8-9-15(16)19)17(21)20-14-6-4-2-1-3-5-7-14/h8-9,12,14H,1-7,11,19H2,(H,20,21). The van der Waals surface area contributed by atoms with Crippen LogP contribution in [0.2, 0.25) is 0 Å². The molecule has 118 valence electrons. The minimum Gasteiger partial charge on any atom is -0.477 e. The Labute approximate surface area is 131 Å². The Morgan fingerprint density at radius 2 is 1.95 bits per heavy atom. The lowest BCUT2D eigenvalue weighted by atomic mass is 9.96. The van der Waals surface area contributed by atoms with Gasteiger partial charge in [-0.3, -0.25) is 4.79 Å². The van der Waals surface area contributed by atoms with Gasteiger partial charge >= 0.3 is 0 Å².